The van der Waals surface area contributed by atoms with E-state index >= 15 is 0 Å². The summed E-state index contributed by atoms with van der Waals surface area (Å²) in [5.74, 6) is -0.172. The summed E-state index contributed by atoms with van der Waals surface area (Å²) in [6, 6.07) is 1.37. The highest BCUT2D eigenvalue weighted by Gasteiger charge is 2.40. The molecule has 0 saturated carbocycles. The summed E-state index contributed by atoms with van der Waals surface area (Å²) < 4.78 is 0. The van der Waals surface area contributed by atoms with Gasteiger partial charge in [-0.15, -0.1) is 0 Å². The summed E-state index contributed by atoms with van der Waals surface area (Å²) in [6.07, 6.45) is 5.48. The average molecular weight is 346 g/mol. The fourth-order valence-corrected chi connectivity index (χ4v) is 4.16. The Labute approximate surface area is 148 Å². The Bertz CT molecular complexity index is 579. The minimum Gasteiger partial charge on any atom is -0.343 e. The van der Waals surface area contributed by atoms with E-state index in [9.17, 15) is 19.6 Å². The van der Waals surface area contributed by atoms with E-state index in [-0.39, 0.29) is 36.6 Å². The molecule has 0 spiro atoms. The molecule has 7 nitrogen and oxygen atoms in total. The highest BCUT2D eigenvalue weighted by molar-refractivity contribution is 5.90. The lowest BCUT2D eigenvalue weighted by molar-refractivity contribution is -0.144. The van der Waals surface area contributed by atoms with Crippen LogP contribution in [0.25, 0.3) is 0 Å². The lowest BCUT2D eigenvalue weighted by atomic mass is 10.1. The number of nitriles is 1. The van der Waals surface area contributed by atoms with Crippen molar-refractivity contribution in [3.63, 3.8) is 0 Å². The topological polar surface area (TPSA) is 84.7 Å². The van der Waals surface area contributed by atoms with Crippen molar-refractivity contribution in [1.29, 1.82) is 5.26 Å². The van der Waals surface area contributed by atoms with Gasteiger partial charge in [0.05, 0.1) is 6.07 Å². The van der Waals surface area contributed by atoms with Crippen molar-refractivity contribution in [2.75, 3.05) is 26.2 Å². The molecule has 3 saturated heterocycles. The Morgan fingerprint density at radius 2 is 1.48 bits per heavy atom. The fourth-order valence-electron chi connectivity index (χ4n) is 4.16. The molecule has 2 atom stereocenters. The van der Waals surface area contributed by atoms with E-state index in [2.05, 4.69) is 6.07 Å². The Morgan fingerprint density at radius 3 is 2.20 bits per heavy atom. The second-order valence-electron chi connectivity index (χ2n) is 7.15. The first-order valence-corrected chi connectivity index (χ1v) is 9.39. The van der Waals surface area contributed by atoms with Gasteiger partial charge in [-0.2, -0.15) is 5.26 Å². The number of nitrogens with zero attached hydrogens (tertiary/aromatic N) is 4. The van der Waals surface area contributed by atoms with Gasteiger partial charge in [0.1, 0.15) is 12.1 Å². The van der Waals surface area contributed by atoms with Gasteiger partial charge in [0.2, 0.25) is 17.7 Å². The highest BCUT2D eigenvalue weighted by Crippen LogP contribution is 2.25. The molecule has 136 valence electrons. The molecule has 3 fully saturated rings. The van der Waals surface area contributed by atoms with Gasteiger partial charge < -0.3 is 14.7 Å². The Balaban J connectivity index is 1.55. The third-order valence-electron chi connectivity index (χ3n) is 5.55. The Morgan fingerprint density at radius 1 is 0.840 bits per heavy atom. The van der Waals surface area contributed by atoms with Crippen LogP contribution >= 0.6 is 0 Å². The van der Waals surface area contributed by atoms with Gasteiger partial charge in [-0.25, -0.2) is 0 Å². The van der Waals surface area contributed by atoms with Crippen LogP contribution in [-0.2, 0) is 14.4 Å². The van der Waals surface area contributed by atoms with Gasteiger partial charge in [-0.1, -0.05) is 0 Å². The molecular formula is C18H26N4O3. The van der Waals surface area contributed by atoms with Crippen molar-refractivity contribution in [2.45, 2.75) is 63.5 Å². The van der Waals surface area contributed by atoms with E-state index in [1.807, 2.05) is 4.90 Å². The number of carbonyl (C=O) groups excluding carboxylic acids is 3. The van der Waals surface area contributed by atoms with Crippen LogP contribution in [0.4, 0.5) is 0 Å². The minimum absolute atomic E-state index is 0.0389. The molecule has 0 bridgehead atoms. The zero-order valence-electron chi connectivity index (χ0n) is 14.7. The summed E-state index contributed by atoms with van der Waals surface area (Å²) in [5, 5.41) is 9.19. The summed E-state index contributed by atoms with van der Waals surface area (Å²) in [4.78, 5) is 42.5. The number of rotatable bonds is 4. The summed E-state index contributed by atoms with van der Waals surface area (Å²) in [7, 11) is 0. The average Bonchev–Trinajstić information content (AvgIpc) is 3.38. The van der Waals surface area contributed by atoms with Crippen LogP contribution in [0.1, 0.15) is 51.4 Å². The molecule has 0 aromatic rings. The third-order valence-corrected chi connectivity index (χ3v) is 5.55. The molecule has 3 amide bonds. The van der Waals surface area contributed by atoms with Gasteiger partial charge in [-0.3, -0.25) is 14.4 Å². The largest absolute Gasteiger partial charge is 0.343 e. The third kappa shape index (κ3) is 3.78. The standard InChI is InChI=1S/C18H26N4O3/c19-13-14-5-3-11-21(14)18(25)15-6-4-12-22(15)17(24)8-7-16(23)20-9-1-2-10-20/h14-15H,1-12H2/t14-,15-/m0/s1. The van der Waals surface area contributed by atoms with Crippen molar-refractivity contribution < 1.29 is 14.4 Å². The Kier molecular flexibility index (Phi) is 5.57. The zero-order valence-corrected chi connectivity index (χ0v) is 14.7. The zero-order chi connectivity index (χ0) is 17.8. The summed E-state index contributed by atoms with van der Waals surface area (Å²) in [6.45, 7) is 2.76. The number of hydrogen-bond acceptors (Lipinski definition) is 4. The number of likely N-dealkylation sites (tertiary alicyclic amines) is 3. The lowest BCUT2D eigenvalue weighted by Crippen LogP contribution is -2.49. The maximum Gasteiger partial charge on any atom is 0.246 e. The van der Waals surface area contributed by atoms with E-state index in [1.54, 1.807) is 9.80 Å². The van der Waals surface area contributed by atoms with Crippen LogP contribution in [0.5, 0.6) is 0 Å². The maximum absolute atomic E-state index is 12.8. The maximum atomic E-state index is 12.8. The molecule has 3 rings (SSSR count). The molecule has 0 radical (unpaired) electrons. The van der Waals surface area contributed by atoms with E-state index < -0.39 is 6.04 Å². The van der Waals surface area contributed by atoms with Crippen LogP contribution < -0.4 is 0 Å². The number of carbonyl (C=O) groups is 3. The second-order valence-corrected chi connectivity index (χ2v) is 7.15. The van der Waals surface area contributed by atoms with E-state index in [1.165, 1.54) is 0 Å². The quantitative estimate of drug-likeness (QED) is 0.757. The summed E-state index contributed by atoms with van der Waals surface area (Å²) in [5.41, 5.74) is 0. The smallest absolute Gasteiger partial charge is 0.246 e. The monoisotopic (exact) mass is 346 g/mol. The van der Waals surface area contributed by atoms with E-state index in [4.69, 9.17) is 0 Å². The molecule has 0 aliphatic carbocycles. The first kappa shape index (κ1) is 17.7. The van der Waals surface area contributed by atoms with E-state index in [0.29, 0.717) is 25.9 Å². The SMILES string of the molecule is N#C[C@@H]1CCCN1C(=O)[C@@H]1CCCN1C(=O)CCC(=O)N1CCCC1. The van der Waals surface area contributed by atoms with Crippen molar-refractivity contribution in [1.82, 2.24) is 14.7 Å². The van der Waals surface area contributed by atoms with Crippen LogP contribution in [-0.4, -0.2) is 70.7 Å². The molecule has 7 heteroatoms. The van der Waals surface area contributed by atoms with Crippen molar-refractivity contribution in [3.05, 3.63) is 0 Å². The first-order chi connectivity index (χ1) is 12.1. The predicted octanol–water partition coefficient (Wildman–Crippen LogP) is 0.895. The molecule has 25 heavy (non-hydrogen) atoms. The van der Waals surface area contributed by atoms with Crippen molar-refractivity contribution >= 4 is 17.7 Å². The first-order valence-electron chi connectivity index (χ1n) is 9.39. The van der Waals surface area contributed by atoms with Crippen LogP contribution in [0.15, 0.2) is 0 Å². The normalized spacial score (nSPS) is 26.1. The predicted molar refractivity (Wildman–Crippen MR) is 90.1 cm³/mol. The molecule has 0 N–H and O–H groups in total. The summed E-state index contributed by atoms with van der Waals surface area (Å²) >= 11 is 0. The van der Waals surface area contributed by atoms with E-state index in [0.717, 1.165) is 38.8 Å². The molecule has 3 aliphatic heterocycles. The van der Waals surface area contributed by atoms with Crippen molar-refractivity contribution in [2.24, 2.45) is 0 Å². The lowest BCUT2D eigenvalue weighted by Gasteiger charge is -2.29. The molecule has 0 aromatic carbocycles. The van der Waals surface area contributed by atoms with Crippen LogP contribution in [0.2, 0.25) is 0 Å². The Hall–Kier alpha value is -2.10. The van der Waals surface area contributed by atoms with Gasteiger partial charge in [-0.05, 0) is 38.5 Å². The number of hydrogen-bond donors (Lipinski definition) is 0. The van der Waals surface area contributed by atoms with Crippen molar-refractivity contribution in [3.8, 4) is 6.07 Å². The van der Waals surface area contributed by atoms with Gasteiger partial charge in [0, 0.05) is 39.0 Å². The van der Waals surface area contributed by atoms with Gasteiger partial charge in [0.15, 0.2) is 0 Å². The molecular weight excluding hydrogens is 320 g/mol. The highest BCUT2D eigenvalue weighted by atomic mass is 16.2. The minimum atomic E-state index is -0.455. The molecule has 0 unspecified atom stereocenters. The molecule has 3 aliphatic rings. The fraction of sp³-hybridized carbons (Fsp3) is 0.778. The van der Waals surface area contributed by atoms with Gasteiger partial charge in [0.25, 0.3) is 0 Å². The number of amides is 3. The molecule has 3 heterocycles. The second kappa shape index (κ2) is 7.85. The van der Waals surface area contributed by atoms with Crippen LogP contribution in [0, 0.1) is 11.3 Å². The van der Waals surface area contributed by atoms with Crippen LogP contribution in [0.3, 0.4) is 0 Å². The van der Waals surface area contributed by atoms with Gasteiger partial charge >= 0.3 is 0 Å². The molecule has 0 aromatic heterocycles.